The first-order valence-corrected chi connectivity index (χ1v) is 6.58. The van der Waals surface area contributed by atoms with E-state index in [0.717, 1.165) is 0 Å². The number of amides is 1. The summed E-state index contributed by atoms with van der Waals surface area (Å²) in [4.78, 5) is 23.0. The summed E-state index contributed by atoms with van der Waals surface area (Å²) in [6.07, 6.45) is 0.214. The summed E-state index contributed by atoms with van der Waals surface area (Å²) in [6, 6.07) is 4.20. The summed E-state index contributed by atoms with van der Waals surface area (Å²) in [5.41, 5.74) is 0.210. The van der Waals surface area contributed by atoms with E-state index in [2.05, 4.69) is 10.6 Å². The largest absolute Gasteiger partial charge is 0.478 e. The monoisotopic (exact) mass is 298 g/mol. The summed E-state index contributed by atoms with van der Waals surface area (Å²) in [7, 11) is 0. The van der Waals surface area contributed by atoms with E-state index in [9.17, 15) is 9.59 Å². The molecule has 108 valence electrons. The number of carboxylic acid groups (broad SMARTS) is 1. The van der Waals surface area contributed by atoms with Gasteiger partial charge in [-0.3, -0.25) is 4.79 Å². The predicted octanol–water partition coefficient (Wildman–Crippen LogP) is 1.36. The minimum Gasteiger partial charge on any atom is -0.478 e. The van der Waals surface area contributed by atoms with Crippen molar-refractivity contribution in [3.8, 4) is 0 Å². The van der Waals surface area contributed by atoms with Crippen LogP contribution >= 0.6 is 11.6 Å². The second kappa shape index (κ2) is 6.69. The van der Waals surface area contributed by atoms with Crippen molar-refractivity contribution >= 4 is 29.2 Å². The number of morpholine rings is 1. The highest BCUT2D eigenvalue weighted by atomic mass is 35.5. The highest BCUT2D eigenvalue weighted by Gasteiger charge is 2.18. The molecule has 1 aliphatic rings. The first kappa shape index (κ1) is 14.8. The molecule has 0 radical (unpaired) electrons. The minimum atomic E-state index is -1.11. The molecular weight excluding hydrogens is 284 g/mol. The molecule has 1 aliphatic heterocycles. The van der Waals surface area contributed by atoms with Gasteiger partial charge in [-0.05, 0) is 18.2 Å². The van der Waals surface area contributed by atoms with Crippen molar-refractivity contribution < 1.29 is 19.4 Å². The lowest BCUT2D eigenvalue weighted by Crippen LogP contribution is -2.43. The Balaban J connectivity index is 2.03. The number of anilines is 1. The fraction of sp³-hybridized carbons (Fsp3) is 0.385. The van der Waals surface area contributed by atoms with Gasteiger partial charge in [-0.1, -0.05) is 11.6 Å². The first-order chi connectivity index (χ1) is 9.56. The van der Waals surface area contributed by atoms with Gasteiger partial charge in [-0.15, -0.1) is 0 Å². The highest BCUT2D eigenvalue weighted by molar-refractivity contribution is 6.31. The Morgan fingerprint density at radius 2 is 2.30 bits per heavy atom. The molecule has 0 saturated carbocycles. The van der Waals surface area contributed by atoms with Crippen LogP contribution in [0, 0.1) is 0 Å². The van der Waals surface area contributed by atoms with E-state index in [4.69, 9.17) is 21.4 Å². The summed E-state index contributed by atoms with van der Waals surface area (Å²) in [5.74, 6) is -1.39. The second-order valence-corrected chi connectivity index (χ2v) is 4.91. The maximum atomic E-state index is 11.9. The molecule has 1 atom stereocenters. The standard InChI is InChI=1S/C13H15ClN2O4/c14-8-1-2-10(13(18)19)11(5-8)16-12(17)6-9-7-20-4-3-15-9/h1-2,5,9,15H,3-4,6-7H2,(H,16,17)(H,18,19). The van der Waals surface area contributed by atoms with E-state index in [1.807, 2.05) is 0 Å². The third-order valence-electron chi connectivity index (χ3n) is 2.92. The molecule has 1 saturated heterocycles. The summed E-state index contributed by atoms with van der Waals surface area (Å²) in [6.45, 7) is 1.81. The van der Waals surface area contributed by atoms with Crippen molar-refractivity contribution in [2.45, 2.75) is 12.5 Å². The molecule has 2 rings (SSSR count). The second-order valence-electron chi connectivity index (χ2n) is 4.47. The summed E-state index contributed by atoms with van der Waals surface area (Å²) < 4.78 is 5.26. The lowest BCUT2D eigenvalue weighted by Gasteiger charge is -2.23. The van der Waals surface area contributed by atoms with Crippen molar-refractivity contribution in [3.05, 3.63) is 28.8 Å². The fourth-order valence-electron chi connectivity index (χ4n) is 1.98. The van der Waals surface area contributed by atoms with E-state index < -0.39 is 5.97 Å². The van der Waals surface area contributed by atoms with E-state index in [-0.39, 0.29) is 29.6 Å². The molecule has 3 N–H and O–H groups in total. The first-order valence-electron chi connectivity index (χ1n) is 6.20. The number of aromatic carboxylic acids is 1. The number of benzene rings is 1. The summed E-state index contributed by atoms with van der Waals surface area (Å²) in [5, 5.41) is 15.2. The fourth-order valence-corrected chi connectivity index (χ4v) is 2.15. The highest BCUT2D eigenvalue weighted by Crippen LogP contribution is 2.21. The zero-order chi connectivity index (χ0) is 14.5. The average molecular weight is 299 g/mol. The van der Waals surface area contributed by atoms with Crippen LogP contribution in [0.2, 0.25) is 5.02 Å². The minimum absolute atomic E-state index is 0.00982. The van der Waals surface area contributed by atoms with Gasteiger partial charge in [0.05, 0.1) is 24.5 Å². The molecule has 0 spiro atoms. The molecular formula is C13H15ClN2O4. The van der Waals surface area contributed by atoms with Crippen LogP contribution in [0.25, 0.3) is 0 Å². The molecule has 1 amide bonds. The number of hydrogen-bond donors (Lipinski definition) is 3. The lowest BCUT2D eigenvalue weighted by molar-refractivity contribution is -0.117. The van der Waals surface area contributed by atoms with Crippen LogP contribution in [0.4, 0.5) is 5.69 Å². The number of carbonyl (C=O) groups is 2. The SMILES string of the molecule is O=C(CC1COCCN1)Nc1cc(Cl)ccc1C(=O)O. The van der Waals surface area contributed by atoms with Crippen molar-refractivity contribution in [1.82, 2.24) is 5.32 Å². The quantitative estimate of drug-likeness (QED) is 0.781. The van der Waals surface area contributed by atoms with Gasteiger partial charge in [0.15, 0.2) is 0 Å². The normalized spacial score (nSPS) is 18.6. The number of carbonyl (C=O) groups excluding carboxylic acids is 1. The van der Waals surface area contributed by atoms with Gasteiger partial charge in [0.1, 0.15) is 0 Å². The number of hydrogen-bond acceptors (Lipinski definition) is 4. The predicted molar refractivity (Wildman–Crippen MR) is 74.3 cm³/mol. The molecule has 0 bridgehead atoms. The van der Waals surface area contributed by atoms with Crippen molar-refractivity contribution in [3.63, 3.8) is 0 Å². The number of carboxylic acids is 1. The molecule has 1 aromatic rings. The smallest absolute Gasteiger partial charge is 0.337 e. The number of nitrogens with one attached hydrogen (secondary N) is 2. The van der Waals surface area contributed by atoms with Crippen LogP contribution in [-0.2, 0) is 9.53 Å². The van der Waals surface area contributed by atoms with Crippen LogP contribution in [0.15, 0.2) is 18.2 Å². The average Bonchev–Trinajstić information content (AvgIpc) is 2.39. The van der Waals surface area contributed by atoms with Gasteiger partial charge >= 0.3 is 5.97 Å². The van der Waals surface area contributed by atoms with Gasteiger partial charge in [0, 0.05) is 24.0 Å². The van der Waals surface area contributed by atoms with Gasteiger partial charge in [-0.25, -0.2) is 4.79 Å². The van der Waals surface area contributed by atoms with Gasteiger partial charge in [-0.2, -0.15) is 0 Å². The molecule has 1 fully saturated rings. The molecule has 1 heterocycles. The maximum Gasteiger partial charge on any atom is 0.337 e. The topological polar surface area (TPSA) is 87.7 Å². The Kier molecular flexibility index (Phi) is 4.94. The summed E-state index contributed by atoms with van der Waals surface area (Å²) >= 11 is 5.82. The third kappa shape index (κ3) is 3.93. The zero-order valence-electron chi connectivity index (χ0n) is 10.7. The van der Waals surface area contributed by atoms with Crippen molar-refractivity contribution in [1.29, 1.82) is 0 Å². The number of rotatable bonds is 4. The molecule has 6 nitrogen and oxygen atoms in total. The van der Waals surface area contributed by atoms with Crippen LogP contribution in [0.1, 0.15) is 16.8 Å². The van der Waals surface area contributed by atoms with Crippen molar-refractivity contribution in [2.24, 2.45) is 0 Å². The van der Waals surface area contributed by atoms with Crippen LogP contribution in [0.3, 0.4) is 0 Å². The molecule has 20 heavy (non-hydrogen) atoms. The Morgan fingerprint density at radius 1 is 1.50 bits per heavy atom. The Hall–Kier alpha value is -1.63. The van der Waals surface area contributed by atoms with Gasteiger partial charge in [0.2, 0.25) is 5.91 Å². The van der Waals surface area contributed by atoms with Crippen LogP contribution in [0.5, 0.6) is 0 Å². The Morgan fingerprint density at radius 3 is 2.95 bits per heavy atom. The van der Waals surface area contributed by atoms with E-state index >= 15 is 0 Å². The van der Waals surface area contributed by atoms with Crippen LogP contribution < -0.4 is 10.6 Å². The molecule has 0 aliphatic carbocycles. The van der Waals surface area contributed by atoms with Gasteiger partial charge in [0.25, 0.3) is 0 Å². The van der Waals surface area contributed by atoms with Crippen LogP contribution in [-0.4, -0.2) is 42.8 Å². The number of ether oxygens (including phenoxy) is 1. The zero-order valence-corrected chi connectivity index (χ0v) is 11.4. The molecule has 7 heteroatoms. The molecule has 1 unspecified atom stereocenters. The molecule has 0 aromatic heterocycles. The molecule has 1 aromatic carbocycles. The lowest BCUT2D eigenvalue weighted by atomic mass is 10.1. The van der Waals surface area contributed by atoms with Gasteiger partial charge < -0.3 is 20.5 Å². The van der Waals surface area contributed by atoms with E-state index in [1.165, 1.54) is 18.2 Å². The maximum absolute atomic E-state index is 11.9. The Bertz CT molecular complexity index is 515. The third-order valence-corrected chi connectivity index (χ3v) is 3.15. The van der Waals surface area contributed by atoms with E-state index in [1.54, 1.807) is 0 Å². The van der Waals surface area contributed by atoms with Crippen molar-refractivity contribution in [2.75, 3.05) is 25.1 Å². The number of halogens is 1. The Labute approximate surface area is 121 Å². The van der Waals surface area contributed by atoms with E-state index in [0.29, 0.717) is 24.8 Å².